The number of hydrogen-bond donors (Lipinski definition) is 2. The van der Waals surface area contributed by atoms with Crippen LogP contribution in [0.1, 0.15) is 15.9 Å². The smallest absolute Gasteiger partial charge is 0.256 e. The minimum atomic E-state index is -0.312. The summed E-state index contributed by atoms with van der Waals surface area (Å²) in [6, 6.07) is 14.8. The molecule has 0 unspecified atom stereocenters. The maximum atomic E-state index is 12.5. The molecule has 1 aromatic carbocycles. The van der Waals surface area contributed by atoms with Crippen LogP contribution in [-0.4, -0.2) is 38.8 Å². The first kappa shape index (κ1) is 21.3. The average Bonchev–Trinajstić information content (AvgIpc) is 3.18. The fourth-order valence-corrected chi connectivity index (χ4v) is 3.25. The number of amides is 1. The number of anilines is 1. The number of rotatable bonds is 8. The maximum absolute atomic E-state index is 12.5. The normalized spacial score (nSPS) is 10.7. The third kappa shape index (κ3) is 5.41. The third-order valence-electron chi connectivity index (χ3n) is 4.61. The zero-order valence-corrected chi connectivity index (χ0v) is 17.9. The molecule has 3 N–H and O–H groups in total. The Kier molecular flexibility index (Phi) is 6.62. The van der Waals surface area contributed by atoms with Crippen molar-refractivity contribution >= 4 is 23.3 Å². The molecule has 0 radical (unpaired) electrons. The number of ether oxygens (including phenoxy) is 1. The van der Waals surface area contributed by atoms with E-state index in [4.69, 9.17) is 22.1 Å². The standard InChI is InChI=1S/C23H21ClN6O2/c24-18-4-1-5-19(11-18)32-10-9-27-23(31)20-15-30(29-22(20)25)14-16-6-7-21(28-12-16)17-3-2-8-26-13-17/h1-8,11-13,15H,9-10,14H2,(H2,25,29)(H,27,31). The van der Waals surface area contributed by atoms with Crippen LogP contribution >= 0.6 is 11.6 Å². The molecule has 4 rings (SSSR count). The van der Waals surface area contributed by atoms with E-state index in [2.05, 4.69) is 20.4 Å². The van der Waals surface area contributed by atoms with Crippen molar-refractivity contribution in [1.82, 2.24) is 25.1 Å². The van der Waals surface area contributed by atoms with Crippen molar-refractivity contribution in [1.29, 1.82) is 0 Å². The van der Waals surface area contributed by atoms with Crippen LogP contribution in [0, 0.1) is 0 Å². The van der Waals surface area contributed by atoms with Crippen LogP contribution in [0.3, 0.4) is 0 Å². The number of halogens is 1. The van der Waals surface area contributed by atoms with E-state index in [9.17, 15) is 4.79 Å². The number of nitrogen functional groups attached to an aromatic ring is 1. The van der Waals surface area contributed by atoms with Gasteiger partial charge in [0.2, 0.25) is 0 Å². The van der Waals surface area contributed by atoms with E-state index in [0.29, 0.717) is 36.0 Å². The van der Waals surface area contributed by atoms with Crippen molar-refractivity contribution in [3.05, 3.63) is 89.5 Å². The minimum absolute atomic E-state index is 0.165. The first-order valence-electron chi connectivity index (χ1n) is 9.93. The van der Waals surface area contributed by atoms with Gasteiger partial charge in [0.1, 0.15) is 17.9 Å². The van der Waals surface area contributed by atoms with Gasteiger partial charge in [0, 0.05) is 35.4 Å². The summed E-state index contributed by atoms with van der Waals surface area (Å²) in [4.78, 5) is 21.0. The van der Waals surface area contributed by atoms with Gasteiger partial charge < -0.3 is 15.8 Å². The molecule has 0 aliphatic carbocycles. The number of aromatic nitrogens is 4. The second-order valence-electron chi connectivity index (χ2n) is 6.98. The van der Waals surface area contributed by atoms with E-state index in [1.165, 1.54) is 0 Å². The molecule has 0 spiro atoms. The van der Waals surface area contributed by atoms with Crippen LogP contribution in [0.15, 0.2) is 73.3 Å². The highest BCUT2D eigenvalue weighted by atomic mass is 35.5. The Morgan fingerprint density at radius 1 is 1.16 bits per heavy atom. The lowest BCUT2D eigenvalue weighted by Crippen LogP contribution is -2.28. The first-order valence-corrected chi connectivity index (χ1v) is 10.3. The predicted octanol–water partition coefficient (Wildman–Crippen LogP) is 3.43. The molecule has 0 aliphatic heterocycles. The summed E-state index contributed by atoms with van der Waals surface area (Å²) < 4.78 is 7.19. The van der Waals surface area contributed by atoms with Gasteiger partial charge in [-0.3, -0.25) is 19.4 Å². The van der Waals surface area contributed by atoms with Crippen LogP contribution in [0.4, 0.5) is 5.82 Å². The van der Waals surface area contributed by atoms with Crippen molar-refractivity contribution < 1.29 is 9.53 Å². The topological polar surface area (TPSA) is 108 Å². The Morgan fingerprint density at radius 2 is 2.06 bits per heavy atom. The quantitative estimate of drug-likeness (QED) is 0.400. The van der Waals surface area contributed by atoms with Crippen LogP contribution in [0.5, 0.6) is 5.75 Å². The molecular formula is C23H21ClN6O2. The van der Waals surface area contributed by atoms with Crippen molar-refractivity contribution in [2.45, 2.75) is 6.54 Å². The van der Waals surface area contributed by atoms with Crippen LogP contribution < -0.4 is 15.8 Å². The molecule has 0 fully saturated rings. The van der Waals surface area contributed by atoms with Gasteiger partial charge in [-0.05, 0) is 42.0 Å². The Labute approximate surface area is 190 Å². The number of carbonyl (C=O) groups is 1. The fraction of sp³-hybridized carbons (Fsp3) is 0.130. The van der Waals surface area contributed by atoms with Gasteiger partial charge in [0.05, 0.1) is 18.8 Å². The molecule has 8 nitrogen and oxygen atoms in total. The molecule has 3 aromatic heterocycles. The Hall–Kier alpha value is -3.91. The van der Waals surface area contributed by atoms with E-state index in [1.54, 1.807) is 53.7 Å². The molecule has 9 heteroatoms. The van der Waals surface area contributed by atoms with Gasteiger partial charge >= 0.3 is 0 Å². The maximum Gasteiger partial charge on any atom is 0.256 e. The summed E-state index contributed by atoms with van der Waals surface area (Å²) in [5.74, 6) is 0.494. The van der Waals surface area contributed by atoms with Gasteiger partial charge in [-0.15, -0.1) is 0 Å². The summed E-state index contributed by atoms with van der Waals surface area (Å²) in [5, 5.41) is 7.61. The van der Waals surface area contributed by atoms with E-state index >= 15 is 0 Å². The van der Waals surface area contributed by atoms with Crippen LogP contribution in [0.2, 0.25) is 5.02 Å². The highest BCUT2D eigenvalue weighted by Crippen LogP contribution is 2.18. The lowest BCUT2D eigenvalue weighted by molar-refractivity contribution is 0.0947. The minimum Gasteiger partial charge on any atom is -0.492 e. The van der Waals surface area contributed by atoms with Gasteiger partial charge in [0.15, 0.2) is 5.82 Å². The molecular weight excluding hydrogens is 428 g/mol. The molecule has 0 saturated carbocycles. The third-order valence-corrected chi connectivity index (χ3v) is 4.85. The lowest BCUT2D eigenvalue weighted by Gasteiger charge is -2.07. The Bertz CT molecular complexity index is 1190. The van der Waals surface area contributed by atoms with Crippen LogP contribution in [0.25, 0.3) is 11.3 Å². The summed E-state index contributed by atoms with van der Waals surface area (Å²) in [7, 11) is 0. The molecule has 32 heavy (non-hydrogen) atoms. The van der Waals surface area contributed by atoms with Crippen molar-refractivity contribution in [2.75, 3.05) is 18.9 Å². The average molecular weight is 449 g/mol. The zero-order valence-electron chi connectivity index (χ0n) is 17.1. The van der Waals surface area contributed by atoms with Crippen LogP contribution in [-0.2, 0) is 6.54 Å². The fourth-order valence-electron chi connectivity index (χ4n) is 3.07. The van der Waals surface area contributed by atoms with Gasteiger partial charge in [-0.2, -0.15) is 5.10 Å². The molecule has 1 amide bonds. The lowest BCUT2D eigenvalue weighted by atomic mass is 10.1. The zero-order chi connectivity index (χ0) is 22.3. The molecule has 0 saturated heterocycles. The number of nitrogens with zero attached hydrogens (tertiary/aromatic N) is 4. The summed E-state index contributed by atoms with van der Waals surface area (Å²) in [6.45, 7) is 1.06. The number of benzene rings is 1. The largest absolute Gasteiger partial charge is 0.492 e. The number of hydrogen-bond acceptors (Lipinski definition) is 6. The van der Waals surface area contributed by atoms with Crippen molar-refractivity contribution in [3.63, 3.8) is 0 Å². The Morgan fingerprint density at radius 3 is 2.81 bits per heavy atom. The molecule has 4 aromatic rings. The summed E-state index contributed by atoms with van der Waals surface area (Å²) >= 11 is 5.92. The van der Waals surface area contributed by atoms with E-state index in [0.717, 1.165) is 16.8 Å². The van der Waals surface area contributed by atoms with E-state index < -0.39 is 0 Å². The number of nitrogens with two attached hydrogens (primary N) is 1. The van der Waals surface area contributed by atoms with E-state index in [-0.39, 0.29) is 11.7 Å². The Balaban J connectivity index is 1.31. The predicted molar refractivity (Wildman–Crippen MR) is 122 cm³/mol. The van der Waals surface area contributed by atoms with Crippen molar-refractivity contribution in [3.8, 4) is 17.0 Å². The molecule has 0 aliphatic rings. The highest BCUT2D eigenvalue weighted by Gasteiger charge is 2.14. The van der Waals surface area contributed by atoms with Gasteiger partial charge in [-0.25, -0.2) is 0 Å². The van der Waals surface area contributed by atoms with Gasteiger partial charge in [0.25, 0.3) is 5.91 Å². The second kappa shape index (κ2) is 9.93. The first-order chi connectivity index (χ1) is 15.6. The highest BCUT2D eigenvalue weighted by molar-refractivity contribution is 6.30. The summed E-state index contributed by atoms with van der Waals surface area (Å²) in [6.07, 6.45) is 6.88. The SMILES string of the molecule is Nc1nn(Cc2ccc(-c3cccnc3)nc2)cc1C(=O)NCCOc1cccc(Cl)c1. The molecule has 162 valence electrons. The monoisotopic (exact) mass is 448 g/mol. The molecule has 0 atom stereocenters. The number of pyridine rings is 2. The van der Waals surface area contributed by atoms with Crippen molar-refractivity contribution in [2.24, 2.45) is 0 Å². The second-order valence-corrected chi connectivity index (χ2v) is 7.42. The number of carbonyl (C=O) groups excluding carboxylic acids is 1. The molecule has 0 bridgehead atoms. The van der Waals surface area contributed by atoms with E-state index in [1.807, 2.05) is 24.3 Å². The molecule has 3 heterocycles. The van der Waals surface area contributed by atoms with Gasteiger partial charge in [-0.1, -0.05) is 23.7 Å². The summed E-state index contributed by atoms with van der Waals surface area (Å²) in [5.41, 5.74) is 8.97. The number of nitrogens with one attached hydrogen (secondary N) is 1.